The molecule has 3 heterocycles. The Hall–Kier alpha value is -5.97. The van der Waals surface area contributed by atoms with Gasteiger partial charge in [-0.3, -0.25) is 14.4 Å². The Labute approximate surface area is 276 Å². The van der Waals surface area contributed by atoms with Crippen molar-refractivity contribution in [1.29, 1.82) is 0 Å². The summed E-state index contributed by atoms with van der Waals surface area (Å²) in [6.45, 7) is 1.33. The molecule has 0 bridgehead atoms. The van der Waals surface area contributed by atoms with Crippen LogP contribution < -0.4 is 26.0 Å². The summed E-state index contributed by atoms with van der Waals surface area (Å²) in [5.74, 6) is 0.0800. The van der Waals surface area contributed by atoms with Crippen LogP contribution in [-0.2, 0) is 6.54 Å². The monoisotopic (exact) mass is 647 g/mol. The van der Waals surface area contributed by atoms with Crippen LogP contribution in [0.2, 0.25) is 0 Å². The van der Waals surface area contributed by atoms with Crippen LogP contribution in [0.1, 0.15) is 39.1 Å². The highest BCUT2D eigenvalue weighted by Gasteiger charge is 2.25. The molecule has 0 radical (unpaired) electrons. The van der Waals surface area contributed by atoms with Gasteiger partial charge in [-0.1, -0.05) is 30.3 Å². The third-order valence-electron chi connectivity index (χ3n) is 8.31. The van der Waals surface area contributed by atoms with Gasteiger partial charge in [0.25, 0.3) is 11.8 Å². The molecule has 1 aliphatic heterocycles. The lowest BCUT2D eigenvalue weighted by Gasteiger charge is -2.17. The minimum absolute atomic E-state index is 0.0839. The number of methoxy groups -OCH3 is 2. The fourth-order valence-corrected chi connectivity index (χ4v) is 5.74. The van der Waals surface area contributed by atoms with E-state index in [0.717, 1.165) is 35.1 Å². The number of rotatable bonds is 9. The zero-order chi connectivity index (χ0) is 33.8. The minimum Gasteiger partial charge on any atom is -0.493 e. The lowest BCUT2D eigenvalue weighted by molar-refractivity contribution is 0.0790. The summed E-state index contributed by atoms with van der Waals surface area (Å²) >= 11 is 0. The topological polar surface area (TPSA) is 129 Å². The third-order valence-corrected chi connectivity index (χ3v) is 8.31. The molecular weight excluding hydrogens is 613 g/mol. The van der Waals surface area contributed by atoms with Crippen molar-refractivity contribution in [2.75, 3.05) is 38.4 Å². The number of benzene rings is 3. The summed E-state index contributed by atoms with van der Waals surface area (Å²) in [6.07, 6.45) is 6.27. The molecule has 11 heteroatoms. The SMILES string of the molecule is COc1ccc(-c2cnc(N)c(-c3ccc(NC(=O)c4cn(Cc5ccc(F)cc5)cc(C(=O)N5CCCC5)c4=O)cc3)c2)cc1OC. The molecule has 1 aliphatic rings. The number of hydrogen-bond acceptors (Lipinski definition) is 7. The first-order valence-corrected chi connectivity index (χ1v) is 15.4. The highest BCUT2D eigenvalue weighted by molar-refractivity contribution is 6.06. The van der Waals surface area contributed by atoms with Gasteiger partial charge in [-0.25, -0.2) is 9.37 Å². The number of nitrogens with one attached hydrogen (secondary N) is 1. The van der Waals surface area contributed by atoms with E-state index in [-0.39, 0.29) is 23.5 Å². The molecule has 1 fully saturated rings. The summed E-state index contributed by atoms with van der Waals surface area (Å²) in [6, 6.07) is 20.4. The highest BCUT2D eigenvalue weighted by Crippen LogP contribution is 2.35. The van der Waals surface area contributed by atoms with Gasteiger partial charge in [0.15, 0.2) is 11.5 Å². The van der Waals surface area contributed by atoms with Gasteiger partial charge in [0.05, 0.1) is 14.2 Å². The second-order valence-corrected chi connectivity index (χ2v) is 11.5. The zero-order valence-electron chi connectivity index (χ0n) is 26.5. The van der Waals surface area contributed by atoms with E-state index in [1.54, 1.807) is 66.3 Å². The molecule has 2 amide bonds. The number of carbonyl (C=O) groups excluding carboxylic acids is 2. The fourth-order valence-electron chi connectivity index (χ4n) is 5.74. The van der Waals surface area contributed by atoms with E-state index in [2.05, 4.69) is 10.3 Å². The molecule has 0 saturated carbocycles. The Balaban J connectivity index is 1.26. The fraction of sp³-hybridized carbons (Fsp3) is 0.189. The average molecular weight is 648 g/mol. The van der Waals surface area contributed by atoms with Crippen molar-refractivity contribution >= 4 is 23.3 Å². The van der Waals surface area contributed by atoms with Gasteiger partial charge in [-0.05, 0) is 72.0 Å². The van der Waals surface area contributed by atoms with E-state index in [9.17, 15) is 18.8 Å². The number of nitrogens with zero attached hydrogens (tertiary/aromatic N) is 3. The van der Waals surface area contributed by atoms with Crippen LogP contribution in [0.15, 0.2) is 96.2 Å². The number of carbonyl (C=O) groups is 2. The Bertz CT molecular complexity index is 2040. The molecule has 0 aliphatic carbocycles. The molecule has 10 nitrogen and oxygen atoms in total. The number of ether oxygens (including phenoxy) is 2. The maximum Gasteiger partial charge on any atom is 0.261 e. The van der Waals surface area contributed by atoms with Crippen LogP contribution in [0.25, 0.3) is 22.3 Å². The molecule has 3 aromatic carbocycles. The number of likely N-dealkylation sites (tertiary alicyclic amines) is 1. The maximum atomic E-state index is 13.5. The van der Waals surface area contributed by atoms with Crippen LogP contribution in [0.3, 0.4) is 0 Å². The number of hydrogen-bond donors (Lipinski definition) is 2. The number of aromatic nitrogens is 2. The average Bonchev–Trinajstić information content (AvgIpc) is 3.65. The van der Waals surface area contributed by atoms with Crippen LogP contribution >= 0.6 is 0 Å². The molecule has 0 spiro atoms. The van der Waals surface area contributed by atoms with Gasteiger partial charge in [-0.2, -0.15) is 0 Å². The summed E-state index contributed by atoms with van der Waals surface area (Å²) in [5.41, 5.74) is 9.66. The number of anilines is 2. The van der Waals surface area contributed by atoms with Gasteiger partial charge in [0, 0.05) is 55.0 Å². The second-order valence-electron chi connectivity index (χ2n) is 11.5. The number of pyridine rings is 2. The van der Waals surface area contributed by atoms with E-state index >= 15 is 0 Å². The van der Waals surface area contributed by atoms with Crippen molar-refractivity contribution in [3.8, 4) is 33.8 Å². The predicted octanol–water partition coefficient (Wildman–Crippen LogP) is 5.85. The maximum absolute atomic E-state index is 13.5. The Kier molecular flexibility index (Phi) is 9.20. The van der Waals surface area contributed by atoms with Gasteiger partial charge in [0.1, 0.15) is 22.8 Å². The van der Waals surface area contributed by atoms with E-state index in [0.29, 0.717) is 41.7 Å². The minimum atomic E-state index is -0.659. The number of halogens is 1. The smallest absolute Gasteiger partial charge is 0.261 e. The molecule has 0 unspecified atom stereocenters. The van der Waals surface area contributed by atoms with Crippen LogP contribution in [0.4, 0.5) is 15.9 Å². The lowest BCUT2D eigenvalue weighted by atomic mass is 10.0. The number of amides is 2. The molecule has 6 rings (SSSR count). The summed E-state index contributed by atoms with van der Waals surface area (Å²) in [5, 5.41) is 2.79. The van der Waals surface area contributed by atoms with E-state index < -0.39 is 17.2 Å². The van der Waals surface area contributed by atoms with Crippen LogP contribution in [0.5, 0.6) is 11.5 Å². The number of nitrogens with two attached hydrogens (primary N) is 1. The van der Waals surface area contributed by atoms with Crippen molar-refractivity contribution in [2.24, 2.45) is 0 Å². The molecule has 48 heavy (non-hydrogen) atoms. The predicted molar refractivity (Wildman–Crippen MR) is 182 cm³/mol. The Morgan fingerprint density at radius 1 is 0.854 bits per heavy atom. The quantitative estimate of drug-likeness (QED) is 0.205. The van der Waals surface area contributed by atoms with Crippen molar-refractivity contribution in [3.05, 3.63) is 124 Å². The molecular formula is C37H34FN5O5. The largest absolute Gasteiger partial charge is 0.493 e. The molecule has 244 valence electrons. The van der Waals surface area contributed by atoms with E-state index in [1.165, 1.54) is 24.5 Å². The molecule has 0 atom stereocenters. The zero-order valence-corrected chi connectivity index (χ0v) is 26.5. The summed E-state index contributed by atoms with van der Waals surface area (Å²) < 4.78 is 25.9. The Morgan fingerprint density at radius 3 is 2.21 bits per heavy atom. The van der Waals surface area contributed by atoms with E-state index in [4.69, 9.17) is 15.2 Å². The lowest BCUT2D eigenvalue weighted by Crippen LogP contribution is -2.35. The molecule has 5 aromatic rings. The van der Waals surface area contributed by atoms with Gasteiger partial charge < -0.3 is 30.0 Å². The van der Waals surface area contributed by atoms with Gasteiger partial charge >= 0.3 is 0 Å². The summed E-state index contributed by atoms with van der Waals surface area (Å²) in [7, 11) is 3.15. The van der Waals surface area contributed by atoms with Crippen molar-refractivity contribution in [3.63, 3.8) is 0 Å². The standard InChI is InChI=1S/C37H34FN5O5/c1-47-32-14-9-25(18-33(32)48-2)26-17-29(35(39)40-19-26)24-7-12-28(13-8-24)41-36(45)30-21-42(20-23-5-10-27(38)11-6-23)22-31(34(30)44)37(46)43-15-3-4-16-43/h5-14,17-19,21-22H,3-4,15-16,20H2,1-2H3,(H2,39,40)(H,41,45). The van der Waals surface area contributed by atoms with E-state index in [1.807, 2.05) is 24.3 Å². The first kappa shape index (κ1) is 32.0. The normalized spacial score (nSPS) is 12.5. The van der Waals surface area contributed by atoms with Crippen molar-refractivity contribution < 1.29 is 23.5 Å². The second kappa shape index (κ2) is 13.8. The first-order valence-electron chi connectivity index (χ1n) is 15.4. The molecule has 3 N–H and O–H groups in total. The molecule has 1 saturated heterocycles. The Morgan fingerprint density at radius 2 is 1.52 bits per heavy atom. The molecule has 2 aromatic heterocycles. The highest BCUT2D eigenvalue weighted by atomic mass is 19.1. The number of nitrogen functional groups attached to an aromatic ring is 1. The van der Waals surface area contributed by atoms with Crippen molar-refractivity contribution in [2.45, 2.75) is 19.4 Å². The van der Waals surface area contributed by atoms with Crippen LogP contribution in [-0.4, -0.2) is 53.6 Å². The summed E-state index contributed by atoms with van der Waals surface area (Å²) in [4.78, 5) is 46.4. The van der Waals surface area contributed by atoms with Gasteiger partial charge in [0.2, 0.25) is 5.43 Å². The third kappa shape index (κ3) is 6.75. The van der Waals surface area contributed by atoms with Crippen LogP contribution in [0, 0.1) is 5.82 Å². The van der Waals surface area contributed by atoms with Gasteiger partial charge in [-0.15, -0.1) is 0 Å². The van der Waals surface area contributed by atoms with Crippen molar-refractivity contribution in [1.82, 2.24) is 14.5 Å². The first-order chi connectivity index (χ1) is 23.2.